The number of piperidine rings is 1. The zero-order valence-electron chi connectivity index (χ0n) is 13.1. The Labute approximate surface area is 127 Å². The Morgan fingerprint density at radius 3 is 2.71 bits per heavy atom. The lowest BCUT2D eigenvalue weighted by Crippen LogP contribution is -2.48. The fraction of sp³-hybridized carbons (Fsp3) is 0.588. The molecule has 2 rings (SSSR count). The molecular formula is C17H26N2O2. The van der Waals surface area contributed by atoms with Gasteiger partial charge in [0, 0.05) is 33.6 Å². The van der Waals surface area contributed by atoms with E-state index in [0.29, 0.717) is 19.4 Å². The maximum atomic E-state index is 11.7. The molecule has 0 bridgehead atoms. The van der Waals surface area contributed by atoms with Crippen molar-refractivity contribution in [1.29, 1.82) is 0 Å². The summed E-state index contributed by atoms with van der Waals surface area (Å²) < 4.78 is 0. The van der Waals surface area contributed by atoms with E-state index in [-0.39, 0.29) is 5.91 Å². The van der Waals surface area contributed by atoms with Crippen molar-refractivity contribution in [2.45, 2.75) is 37.8 Å². The van der Waals surface area contributed by atoms with Gasteiger partial charge in [-0.15, -0.1) is 0 Å². The molecule has 0 spiro atoms. The van der Waals surface area contributed by atoms with Gasteiger partial charge in [-0.2, -0.15) is 0 Å². The number of nitrogens with zero attached hydrogens (tertiary/aromatic N) is 2. The van der Waals surface area contributed by atoms with Gasteiger partial charge in [0.1, 0.15) is 0 Å². The molecule has 1 atom stereocenters. The van der Waals surface area contributed by atoms with Crippen LogP contribution in [0.1, 0.15) is 31.2 Å². The van der Waals surface area contributed by atoms with Gasteiger partial charge < -0.3 is 10.0 Å². The van der Waals surface area contributed by atoms with E-state index in [0.717, 1.165) is 25.9 Å². The van der Waals surface area contributed by atoms with Crippen LogP contribution < -0.4 is 0 Å². The van der Waals surface area contributed by atoms with Crippen LogP contribution in [0.5, 0.6) is 0 Å². The predicted octanol–water partition coefficient (Wildman–Crippen LogP) is 1.88. The molecule has 1 N–H and O–H groups in total. The number of rotatable bonds is 5. The predicted molar refractivity (Wildman–Crippen MR) is 83.8 cm³/mol. The number of amides is 1. The lowest BCUT2D eigenvalue weighted by molar-refractivity contribution is -0.130. The van der Waals surface area contributed by atoms with Crippen LogP contribution in [0.15, 0.2) is 30.3 Å². The fourth-order valence-corrected chi connectivity index (χ4v) is 2.95. The molecule has 21 heavy (non-hydrogen) atoms. The molecule has 0 aromatic heterocycles. The lowest BCUT2D eigenvalue weighted by atomic mass is 9.88. The average Bonchev–Trinajstić information content (AvgIpc) is 2.46. The molecule has 1 fully saturated rings. The van der Waals surface area contributed by atoms with Crippen LogP contribution in [-0.4, -0.2) is 53.6 Å². The largest absolute Gasteiger partial charge is 0.389 e. The summed E-state index contributed by atoms with van der Waals surface area (Å²) in [4.78, 5) is 15.6. The molecule has 4 nitrogen and oxygen atoms in total. The van der Waals surface area contributed by atoms with Crippen molar-refractivity contribution in [1.82, 2.24) is 9.80 Å². The fourth-order valence-electron chi connectivity index (χ4n) is 2.95. The highest BCUT2D eigenvalue weighted by atomic mass is 16.3. The van der Waals surface area contributed by atoms with Crippen LogP contribution in [0.25, 0.3) is 0 Å². The Bertz CT molecular complexity index is 461. The number of aliphatic hydroxyl groups is 1. The first-order chi connectivity index (χ1) is 9.98. The highest BCUT2D eigenvalue weighted by molar-refractivity contribution is 5.75. The Morgan fingerprint density at radius 2 is 2.05 bits per heavy atom. The van der Waals surface area contributed by atoms with E-state index in [2.05, 4.69) is 17.0 Å². The van der Waals surface area contributed by atoms with E-state index in [9.17, 15) is 9.90 Å². The van der Waals surface area contributed by atoms with Crippen molar-refractivity contribution in [2.75, 3.05) is 27.2 Å². The second-order valence-electron chi connectivity index (χ2n) is 6.31. The number of hydrogen-bond acceptors (Lipinski definition) is 3. The van der Waals surface area contributed by atoms with Crippen LogP contribution in [0.3, 0.4) is 0 Å². The Hall–Kier alpha value is -1.39. The first-order valence-electron chi connectivity index (χ1n) is 7.67. The molecular weight excluding hydrogens is 264 g/mol. The van der Waals surface area contributed by atoms with E-state index >= 15 is 0 Å². The van der Waals surface area contributed by atoms with Crippen LogP contribution >= 0.6 is 0 Å². The lowest BCUT2D eigenvalue weighted by Gasteiger charge is -2.39. The zero-order chi connectivity index (χ0) is 15.3. The molecule has 4 heteroatoms. The summed E-state index contributed by atoms with van der Waals surface area (Å²) in [5.74, 6) is 0.0867. The third kappa shape index (κ3) is 4.83. The summed E-state index contributed by atoms with van der Waals surface area (Å²) >= 11 is 0. The highest BCUT2D eigenvalue weighted by Gasteiger charge is 2.33. The smallest absolute Gasteiger partial charge is 0.222 e. The third-order valence-electron chi connectivity index (χ3n) is 4.19. The Balaban J connectivity index is 1.88. The first-order valence-corrected chi connectivity index (χ1v) is 7.67. The normalized spacial score (nSPS) is 23.0. The molecule has 1 aromatic carbocycles. The van der Waals surface area contributed by atoms with Crippen LogP contribution in [-0.2, 0) is 11.3 Å². The number of carbonyl (C=O) groups is 1. The molecule has 1 amide bonds. The molecule has 1 heterocycles. The number of β-amino-alcohol motifs (C(OH)–C–C–N with tert-alkyl or cyclic N) is 1. The van der Waals surface area contributed by atoms with Crippen molar-refractivity contribution < 1.29 is 9.90 Å². The summed E-state index contributed by atoms with van der Waals surface area (Å²) in [5.41, 5.74) is 0.546. The SMILES string of the molecule is CN(C)C(=O)CC[C@@]1(O)CCCN(Cc2ccccc2)C1. The molecule has 0 unspecified atom stereocenters. The van der Waals surface area contributed by atoms with E-state index in [4.69, 9.17) is 0 Å². The highest BCUT2D eigenvalue weighted by Crippen LogP contribution is 2.27. The van der Waals surface area contributed by atoms with Crippen molar-refractivity contribution >= 4 is 5.91 Å². The van der Waals surface area contributed by atoms with Gasteiger partial charge in [-0.1, -0.05) is 30.3 Å². The van der Waals surface area contributed by atoms with E-state index in [1.807, 2.05) is 18.2 Å². The quantitative estimate of drug-likeness (QED) is 0.900. The molecule has 116 valence electrons. The van der Waals surface area contributed by atoms with E-state index in [1.54, 1.807) is 19.0 Å². The van der Waals surface area contributed by atoms with Crippen molar-refractivity contribution in [3.63, 3.8) is 0 Å². The standard InChI is InChI=1S/C17H26N2O2/c1-18(2)16(20)9-11-17(21)10-6-12-19(14-17)13-15-7-4-3-5-8-15/h3-5,7-8,21H,6,9-14H2,1-2H3/t17-/m0/s1. The van der Waals surface area contributed by atoms with Gasteiger partial charge in [0.05, 0.1) is 5.60 Å². The second-order valence-corrected chi connectivity index (χ2v) is 6.31. The summed E-state index contributed by atoms with van der Waals surface area (Å²) in [5, 5.41) is 10.7. The number of benzene rings is 1. The maximum Gasteiger partial charge on any atom is 0.222 e. The van der Waals surface area contributed by atoms with E-state index in [1.165, 1.54) is 5.56 Å². The average molecular weight is 290 g/mol. The van der Waals surface area contributed by atoms with Gasteiger partial charge in [-0.05, 0) is 31.4 Å². The molecule has 0 radical (unpaired) electrons. The second kappa shape index (κ2) is 7.05. The molecule has 1 saturated heterocycles. The van der Waals surface area contributed by atoms with Gasteiger partial charge in [0.25, 0.3) is 0 Å². The van der Waals surface area contributed by atoms with Crippen LogP contribution in [0.4, 0.5) is 0 Å². The molecule has 0 aliphatic carbocycles. The third-order valence-corrected chi connectivity index (χ3v) is 4.19. The topological polar surface area (TPSA) is 43.8 Å². The Morgan fingerprint density at radius 1 is 1.33 bits per heavy atom. The maximum absolute atomic E-state index is 11.7. The monoisotopic (exact) mass is 290 g/mol. The number of hydrogen-bond donors (Lipinski definition) is 1. The molecule has 1 aromatic rings. The van der Waals surface area contributed by atoms with Gasteiger partial charge >= 0.3 is 0 Å². The summed E-state index contributed by atoms with van der Waals surface area (Å²) in [7, 11) is 3.52. The van der Waals surface area contributed by atoms with Gasteiger partial charge in [-0.25, -0.2) is 0 Å². The van der Waals surface area contributed by atoms with Crippen LogP contribution in [0.2, 0.25) is 0 Å². The molecule has 0 saturated carbocycles. The minimum absolute atomic E-state index is 0.0867. The first kappa shape index (κ1) is 16.0. The number of carbonyl (C=O) groups excluding carboxylic acids is 1. The number of likely N-dealkylation sites (tertiary alicyclic amines) is 1. The van der Waals surface area contributed by atoms with Crippen LogP contribution in [0, 0.1) is 0 Å². The van der Waals surface area contributed by atoms with Crippen molar-refractivity contribution in [2.24, 2.45) is 0 Å². The van der Waals surface area contributed by atoms with Crippen molar-refractivity contribution in [3.05, 3.63) is 35.9 Å². The molecule has 1 aliphatic rings. The van der Waals surface area contributed by atoms with Gasteiger partial charge in [0.2, 0.25) is 5.91 Å². The minimum atomic E-state index is -0.724. The van der Waals surface area contributed by atoms with E-state index < -0.39 is 5.60 Å². The summed E-state index contributed by atoms with van der Waals surface area (Å²) in [6.07, 6.45) is 2.75. The van der Waals surface area contributed by atoms with Gasteiger partial charge in [0.15, 0.2) is 0 Å². The minimum Gasteiger partial charge on any atom is -0.389 e. The van der Waals surface area contributed by atoms with Gasteiger partial charge in [-0.3, -0.25) is 9.69 Å². The molecule has 1 aliphatic heterocycles. The summed E-state index contributed by atoms with van der Waals surface area (Å²) in [6.45, 7) is 2.53. The van der Waals surface area contributed by atoms with Crippen molar-refractivity contribution in [3.8, 4) is 0 Å². The summed E-state index contributed by atoms with van der Waals surface area (Å²) in [6, 6.07) is 10.3. The zero-order valence-corrected chi connectivity index (χ0v) is 13.1. The Kier molecular flexibility index (Phi) is 5.37.